The fourth-order valence-corrected chi connectivity index (χ4v) is 2.02. The van der Waals surface area contributed by atoms with Crippen LogP contribution in [0, 0.1) is 11.7 Å². The Balaban J connectivity index is 2.82. The van der Waals surface area contributed by atoms with Gasteiger partial charge in [-0.15, -0.1) is 0 Å². The lowest BCUT2D eigenvalue weighted by molar-refractivity contribution is 0.386. The molecule has 0 amide bonds. The van der Waals surface area contributed by atoms with Crippen LogP contribution < -0.4 is 5.32 Å². The Morgan fingerprint density at radius 3 is 2.69 bits per heavy atom. The van der Waals surface area contributed by atoms with Crippen molar-refractivity contribution in [2.75, 3.05) is 7.05 Å². The highest BCUT2D eigenvalue weighted by atomic mass is 35.5. The van der Waals surface area contributed by atoms with Crippen molar-refractivity contribution in [1.29, 1.82) is 0 Å². The molecule has 0 aliphatic carbocycles. The van der Waals surface area contributed by atoms with Crippen LogP contribution in [0.1, 0.15) is 25.8 Å². The Hall–Kier alpha value is -0.600. The van der Waals surface area contributed by atoms with Gasteiger partial charge in [0, 0.05) is 6.04 Å². The molecular formula is C13H19ClFN. The largest absolute Gasteiger partial charge is 0.316 e. The third-order valence-corrected chi connectivity index (χ3v) is 3.60. The molecule has 0 saturated heterocycles. The van der Waals surface area contributed by atoms with Gasteiger partial charge in [0.1, 0.15) is 5.82 Å². The molecular weight excluding hydrogens is 225 g/mol. The predicted octanol–water partition coefficient (Wildman–Crippen LogP) is 3.66. The first kappa shape index (κ1) is 13.5. The van der Waals surface area contributed by atoms with Crippen LogP contribution in [-0.2, 0) is 6.42 Å². The van der Waals surface area contributed by atoms with E-state index in [-0.39, 0.29) is 10.8 Å². The second-order valence-corrected chi connectivity index (χ2v) is 4.58. The van der Waals surface area contributed by atoms with E-state index in [0.29, 0.717) is 12.0 Å². The second kappa shape index (κ2) is 6.21. The molecule has 3 heteroatoms. The molecule has 16 heavy (non-hydrogen) atoms. The fourth-order valence-electron chi connectivity index (χ4n) is 1.82. The van der Waals surface area contributed by atoms with Crippen LogP contribution >= 0.6 is 11.6 Å². The Labute approximate surface area is 102 Å². The summed E-state index contributed by atoms with van der Waals surface area (Å²) in [7, 11) is 1.93. The topological polar surface area (TPSA) is 12.0 Å². The van der Waals surface area contributed by atoms with Crippen LogP contribution in [0.5, 0.6) is 0 Å². The zero-order valence-corrected chi connectivity index (χ0v) is 10.8. The van der Waals surface area contributed by atoms with Crippen LogP contribution in [0.15, 0.2) is 18.2 Å². The van der Waals surface area contributed by atoms with Crippen molar-refractivity contribution in [2.24, 2.45) is 5.92 Å². The molecule has 0 aliphatic rings. The summed E-state index contributed by atoms with van der Waals surface area (Å²) in [5.41, 5.74) is 0.876. The molecule has 1 nitrogen and oxygen atoms in total. The fraction of sp³-hybridized carbons (Fsp3) is 0.538. The monoisotopic (exact) mass is 243 g/mol. The molecule has 0 heterocycles. The minimum atomic E-state index is -0.335. The highest BCUT2D eigenvalue weighted by molar-refractivity contribution is 6.31. The average Bonchev–Trinajstić information content (AvgIpc) is 2.30. The number of halogens is 2. The third-order valence-electron chi connectivity index (χ3n) is 3.17. The summed E-state index contributed by atoms with van der Waals surface area (Å²) in [6, 6.07) is 5.32. The first-order valence-electron chi connectivity index (χ1n) is 5.70. The number of likely N-dealkylation sites (N-methyl/N-ethyl adjacent to an activating group) is 1. The Morgan fingerprint density at radius 1 is 1.44 bits per heavy atom. The molecule has 0 saturated carbocycles. The molecule has 0 radical (unpaired) electrons. The number of hydrogen-bond donors (Lipinski definition) is 1. The van der Waals surface area contributed by atoms with Crippen LogP contribution in [0.25, 0.3) is 0 Å². The summed E-state index contributed by atoms with van der Waals surface area (Å²) in [6.07, 6.45) is 1.86. The summed E-state index contributed by atoms with van der Waals surface area (Å²) < 4.78 is 13.3. The summed E-state index contributed by atoms with van der Waals surface area (Å²) in [5.74, 6) is 0.211. The maximum absolute atomic E-state index is 13.3. The molecule has 0 aromatic heterocycles. The summed E-state index contributed by atoms with van der Waals surface area (Å²) in [5, 5.41) is 3.52. The van der Waals surface area contributed by atoms with Gasteiger partial charge in [0.25, 0.3) is 0 Å². The lowest BCUT2D eigenvalue weighted by Crippen LogP contribution is -2.34. The molecule has 0 aliphatic heterocycles. The molecule has 0 spiro atoms. The lowest BCUT2D eigenvalue weighted by atomic mass is 9.93. The van der Waals surface area contributed by atoms with Crippen molar-refractivity contribution in [2.45, 2.75) is 32.7 Å². The predicted molar refractivity (Wildman–Crippen MR) is 67.4 cm³/mol. The van der Waals surface area contributed by atoms with Crippen LogP contribution in [0.2, 0.25) is 5.02 Å². The highest BCUT2D eigenvalue weighted by Gasteiger charge is 2.16. The van der Waals surface area contributed by atoms with Gasteiger partial charge in [0.15, 0.2) is 0 Å². The molecule has 2 atom stereocenters. The molecule has 2 unspecified atom stereocenters. The van der Waals surface area contributed by atoms with Gasteiger partial charge < -0.3 is 5.32 Å². The first-order chi connectivity index (χ1) is 7.60. The SMILES string of the molecule is CCC(C)C(Cc1cccc(F)c1Cl)NC. The van der Waals surface area contributed by atoms with Gasteiger partial charge in [-0.05, 0) is 31.0 Å². The zero-order valence-electron chi connectivity index (χ0n) is 10.1. The van der Waals surface area contributed by atoms with Crippen LogP contribution in [0.4, 0.5) is 4.39 Å². The first-order valence-corrected chi connectivity index (χ1v) is 6.08. The van der Waals surface area contributed by atoms with Gasteiger partial charge >= 0.3 is 0 Å². The molecule has 0 bridgehead atoms. The van der Waals surface area contributed by atoms with E-state index >= 15 is 0 Å². The van der Waals surface area contributed by atoms with Crippen molar-refractivity contribution in [1.82, 2.24) is 5.32 Å². The lowest BCUT2D eigenvalue weighted by Gasteiger charge is -2.23. The molecule has 1 rings (SSSR count). The van der Waals surface area contributed by atoms with Gasteiger partial charge in [0.2, 0.25) is 0 Å². The van der Waals surface area contributed by atoms with E-state index in [1.807, 2.05) is 13.1 Å². The Kier molecular flexibility index (Phi) is 5.23. The van der Waals surface area contributed by atoms with E-state index < -0.39 is 0 Å². The minimum absolute atomic E-state index is 0.256. The molecule has 1 aromatic rings. The van der Waals surface area contributed by atoms with Crippen LogP contribution in [-0.4, -0.2) is 13.1 Å². The smallest absolute Gasteiger partial charge is 0.142 e. The van der Waals surface area contributed by atoms with Crippen LogP contribution in [0.3, 0.4) is 0 Å². The Morgan fingerprint density at radius 2 is 2.12 bits per heavy atom. The maximum Gasteiger partial charge on any atom is 0.142 e. The van der Waals surface area contributed by atoms with E-state index in [9.17, 15) is 4.39 Å². The van der Waals surface area contributed by atoms with E-state index in [4.69, 9.17) is 11.6 Å². The Bertz CT molecular complexity index is 341. The summed E-state index contributed by atoms with van der Waals surface area (Å²) in [6.45, 7) is 4.34. The van der Waals surface area contributed by atoms with E-state index in [1.165, 1.54) is 6.07 Å². The minimum Gasteiger partial charge on any atom is -0.316 e. The highest BCUT2D eigenvalue weighted by Crippen LogP contribution is 2.23. The summed E-state index contributed by atoms with van der Waals surface area (Å²) >= 11 is 5.94. The van der Waals surface area contributed by atoms with Crippen molar-refractivity contribution in [3.63, 3.8) is 0 Å². The van der Waals surface area contributed by atoms with Gasteiger partial charge in [-0.3, -0.25) is 0 Å². The van der Waals surface area contributed by atoms with Gasteiger partial charge in [-0.25, -0.2) is 4.39 Å². The molecule has 0 fully saturated rings. The maximum atomic E-state index is 13.3. The summed E-state index contributed by atoms with van der Waals surface area (Å²) in [4.78, 5) is 0. The van der Waals surface area contributed by atoms with E-state index in [2.05, 4.69) is 19.2 Å². The number of benzene rings is 1. The molecule has 1 N–H and O–H groups in total. The molecule has 1 aromatic carbocycles. The van der Waals surface area contributed by atoms with Crippen molar-refractivity contribution >= 4 is 11.6 Å². The van der Waals surface area contributed by atoms with E-state index in [0.717, 1.165) is 18.4 Å². The van der Waals surface area contributed by atoms with Crippen molar-refractivity contribution in [3.8, 4) is 0 Å². The average molecular weight is 244 g/mol. The van der Waals surface area contributed by atoms with Crippen molar-refractivity contribution < 1.29 is 4.39 Å². The number of hydrogen-bond acceptors (Lipinski definition) is 1. The third kappa shape index (κ3) is 3.19. The van der Waals surface area contributed by atoms with Gasteiger partial charge in [-0.1, -0.05) is 44.0 Å². The van der Waals surface area contributed by atoms with Gasteiger partial charge in [-0.2, -0.15) is 0 Å². The number of rotatable bonds is 5. The standard InChI is InChI=1S/C13H19ClFN/c1-4-9(2)12(16-3)8-10-6-5-7-11(15)13(10)14/h5-7,9,12,16H,4,8H2,1-3H3. The van der Waals surface area contributed by atoms with Crippen molar-refractivity contribution in [3.05, 3.63) is 34.6 Å². The normalized spacial score (nSPS) is 14.8. The van der Waals surface area contributed by atoms with Gasteiger partial charge in [0.05, 0.1) is 5.02 Å². The second-order valence-electron chi connectivity index (χ2n) is 4.20. The molecule has 90 valence electrons. The zero-order chi connectivity index (χ0) is 12.1. The van der Waals surface area contributed by atoms with E-state index in [1.54, 1.807) is 6.07 Å². The number of nitrogens with one attached hydrogen (secondary N) is 1. The quantitative estimate of drug-likeness (QED) is 0.832.